The number of amides is 1. The average molecular weight is 347 g/mol. The van der Waals surface area contributed by atoms with Crippen LogP contribution in [0.1, 0.15) is 18.4 Å². The molecule has 0 radical (unpaired) electrons. The molecular formula is C19H29N3O3. The van der Waals surface area contributed by atoms with E-state index in [1.165, 1.54) is 5.69 Å². The minimum atomic E-state index is -0.0776. The zero-order valence-electron chi connectivity index (χ0n) is 15.1. The van der Waals surface area contributed by atoms with Crippen molar-refractivity contribution in [2.24, 2.45) is 0 Å². The number of para-hydroxylation sites is 1. The molecule has 0 bridgehead atoms. The van der Waals surface area contributed by atoms with Gasteiger partial charge < -0.3 is 24.6 Å². The summed E-state index contributed by atoms with van der Waals surface area (Å²) in [5, 5.41) is 2.97. The van der Waals surface area contributed by atoms with Crippen molar-refractivity contribution in [1.82, 2.24) is 10.2 Å². The summed E-state index contributed by atoms with van der Waals surface area (Å²) in [4.78, 5) is 16.8. The molecule has 2 heterocycles. The number of nitrogens with one attached hydrogen (secondary N) is 1. The SMILES string of the molecule is CN1CCN(c2ccccc2CNC(=O)COC[C@H]2CCCO2)CC1. The van der Waals surface area contributed by atoms with Crippen molar-refractivity contribution in [3.05, 3.63) is 29.8 Å². The highest BCUT2D eigenvalue weighted by atomic mass is 16.5. The number of carbonyl (C=O) groups excluding carboxylic acids is 1. The number of rotatable bonds is 7. The predicted molar refractivity (Wildman–Crippen MR) is 97.8 cm³/mol. The van der Waals surface area contributed by atoms with Gasteiger partial charge in [-0.25, -0.2) is 0 Å². The second-order valence-electron chi connectivity index (χ2n) is 6.85. The highest BCUT2D eigenvalue weighted by Gasteiger charge is 2.18. The van der Waals surface area contributed by atoms with Gasteiger partial charge in [-0.15, -0.1) is 0 Å². The summed E-state index contributed by atoms with van der Waals surface area (Å²) in [6.07, 6.45) is 2.27. The third kappa shape index (κ3) is 5.42. The third-order valence-corrected chi connectivity index (χ3v) is 4.87. The zero-order valence-corrected chi connectivity index (χ0v) is 15.1. The minimum Gasteiger partial charge on any atom is -0.376 e. The number of benzene rings is 1. The molecule has 2 fully saturated rings. The first-order chi connectivity index (χ1) is 12.2. The number of hydrogen-bond acceptors (Lipinski definition) is 5. The molecule has 2 aliphatic rings. The molecule has 1 aromatic carbocycles. The maximum Gasteiger partial charge on any atom is 0.246 e. The van der Waals surface area contributed by atoms with E-state index < -0.39 is 0 Å². The number of nitrogens with zero attached hydrogens (tertiary/aromatic N) is 2. The van der Waals surface area contributed by atoms with Gasteiger partial charge in [0.05, 0.1) is 12.7 Å². The fourth-order valence-electron chi connectivity index (χ4n) is 3.32. The normalized spacial score (nSPS) is 21.5. The molecule has 138 valence electrons. The van der Waals surface area contributed by atoms with Crippen molar-refractivity contribution in [1.29, 1.82) is 0 Å². The quantitative estimate of drug-likeness (QED) is 0.805. The van der Waals surface area contributed by atoms with Gasteiger partial charge in [-0.3, -0.25) is 4.79 Å². The molecule has 0 aliphatic carbocycles. The van der Waals surface area contributed by atoms with Crippen LogP contribution in [0.3, 0.4) is 0 Å². The Morgan fingerprint density at radius 1 is 1.28 bits per heavy atom. The molecule has 0 aromatic heterocycles. The van der Waals surface area contributed by atoms with Crippen LogP contribution in [-0.2, 0) is 20.8 Å². The molecule has 6 nitrogen and oxygen atoms in total. The summed E-state index contributed by atoms with van der Waals surface area (Å²) in [7, 11) is 2.15. The van der Waals surface area contributed by atoms with Crippen LogP contribution in [0, 0.1) is 0 Å². The van der Waals surface area contributed by atoms with E-state index >= 15 is 0 Å². The average Bonchev–Trinajstić information content (AvgIpc) is 3.14. The lowest BCUT2D eigenvalue weighted by Crippen LogP contribution is -2.45. The van der Waals surface area contributed by atoms with Crippen molar-refractivity contribution in [2.75, 3.05) is 57.9 Å². The topological polar surface area (TPSA) is 54.0 Å². The molecule has 0 unspecified atom stereocenters. The van der Waals surface area contributed by atoms with Gasteiger partial charge in [-0.05, 0) is 31.5 Å². The fraction of sp³-hybridized carbons (Fsp3) is 0.632. The van der Waals surface area contributed by atoms with Crippen LogP contribution in [0.4, 0.5) is 5.69 Å². The van der Waals surface area contributed by atoms with Gasteiger partial charge in [0, 0.05) is 45.0 Å². The van der Waals surface area contributed by atoms with Crippen LogP contribution in [-0.4, -0.2) is 70.0 Å². The van der Waals surface area contributed by atoms with E-state index in [1.807, 2.05) is 6.07 Å². The number of piperazine rings is 1. The van der Waals surface area contributed by atoms with Gasteiger partial charge >= 0.3 is 0 Å². The van der Waals surface area contributed by atoms with E-state index in [-0.39, 0.29) is 18.6 Å². The monoisotopic (exact) mass is 347 g/mol. The standard InChI is InChI=1S/C19H29N3O3/c1-21-8-10-22(11-9-21)18-7-3-2-5-16(18)13-20-19(23)15-24-14-17-6-4-12-25-17/h2-3,5,7,17H,4,6,8-15H2,1H3,(H,20,23)/t17-/m1/s1. The highest BCUT2D eigenvalue weighted by molar-refractivity contribution is 5.77. The minimum absolute atomic E-state index is 0.0776. The van der Waals surface area contributed by atoms with Gasteiger partial charge in [0.15, 0.2) is 0 Å². The van der Waals surface area contributed by atoms with Gasteiger partial charge in [0.25, 0.3) is 0 Å². The van der Waals surface area contributed by atoms with Gasteiger partial charge in [-0.1, -0.05) is 18.2 Å². The van der Waals surface area contributed by atoms with Crippen molar-refractivity contribution < 1.29 is 14.3 Å². The van der Waals surface area contributed by atoms with Crippen LogP contribution in [0.25, 0.3) is 0 Å². The lowest BCUT2D eigenvalue weighted by molar-refractivity contribution is -0.127. The van der Waals surface area contributed by atoms with Crippen LogP contribution < -0.4 is 10.2 Å². The Morgan fingerprint density at radius 2 is 2.08 bits per heavy atom. The van der Waals surface area contributed by atoms with Gasteiger partial charge in [0.2, 0.25) is 5.91 Å². The summed E-state index contributed by atoms with van der Waals surface area (Å²) >= 11 is 0. The largest absolute Gasteiger partial charge is 0.376 e. The number of carbonyl (C=O) groups is 1. The number of hydrogen-bond donors (Lipinski definition) is 1. The first kappa shape index (κ1) is 18.2. The van der Waals surface area contributed by atoms with E-state index in [1.54, 1.807) is 0 Å². The molecule has 6 heteroatoms. The first-order valence-electron chi connectivity index (χ1n) is 9.20. The molecule has 1 N–H and O–H groups in total. The number of likely N-dealkylation sites (N-methyl/N-ethyl adjacent to an activating group) is 1. The molecule has 25 heavy (non-hydrogen) atoms. The Bertz CT molecular complexity index is 553. The van der Waals surface area contributed by atoms with Crippen LogP contribution in [0.5, 0.6) is 0 Å². The Hall–Kier alpha value is -1.63. The number of ether oxygens (including phenoxy) is 2. The first-order valence-corrected chi connectivity index (χ1v) is 9.20. The third-order valence-electron chi connectivity index (χ3n) is 4.87. The van der Waals surface area contributed by atoms with Crippen molar-refractivity contribution in [3.8, 4) is 0 Å². The molecule has 0 spiro atoms. The summed E-state index contributed by atoms with van der Waals surface area (Å²) < 4.78 is 11.0. The molecular weight excluding hydrogens is 318 g/mol. The summed E-state index contributed by atoms with van der Waals surface area (Å²) in [5.41, 5.74) is 2.37. The predicted octanol–water partition coefficient (Wildman–Crippen LogP) is 1.25. The molecule has 0 saturated carbocycles. The Morgan fingerprint density at radius 3 is 2.84 bits per heavy atom. The van der Waals surface area contributed by atoms with Gasteiger partial charge in [0.1, 0.15) is 6.61 Å². The van der Waals surface area contributed by atoms with Crippen LogP contribution in [0.15, 0.2) is 24.3 Å². The van der Waals surface area contributed by atoms with Crippen molar-refractivity contribution >= 4 is 11.6 Å². The van der Waals surface area contributed by atoms with Crippen molar-refractivity contribution in [3.63, 3.8) is 0 Å². The van der Waals surface area contributed by atoms with Crippen LogP contribution in [0.2, 0.25) is 0 Å². The second kappa shape index (κ2) is 9.17. The van der Waals surface area contributed by atoms with E-state index in [0.29, 0.717) is 13.2 Å². The molecule has 2 aliphatic heterocycles. The Labute approximate surface area is 150 Å². The smallest absolute Gasteiger partial charge is 0.246 e. The fourth-order valence-corrected chi connectivity index (χ4v) is 3.32. The van der Waals surface area contributed by atoms with E-state index in [2.05, 4.69) is 40.4 Å². The zero-order chi connectivity index (χ0) is 17.5. The lowest BCUT2D eigenvalue weighted by atomic mass is 10.1. The van der Waals surface area contributed by atoms with Gasteiger partial charge in [-0.2, -0.15) is 0 Å². The Balaban J connectivity index is 1.45. The lowest BCUT2D eigenvalue weighted by Gasteiger charge is -2.35. The summed E-state index contributed by atoms with van der Waals surface area (Å²) in [6.45, 7) is 6.11. The van der Waals surface area contributed by atoms with Crippen molar-refractivity contribution in [2.45, 2.75) is 25.5 Å². The van der Waals surface area contributed by atoms with E-state index in [9.17, 15) is 4.79 Å². The van der Waals surface area contributed by atoms with E-state index in [4.69, 9.17) is 9.47 Å². The maximum absolute atomic E-state index is 12.0. The second-order valence-corrected chi connectivity index (χ2v) is 6.85. The molecule has 1 atom stereocenters. The number of anilines is 1. The molecule has 2 saturated heterocycles. The molecule has 3 rings (SSSR count). The van der Waals surface area contributed by atoms with E-state index in [0.717, 1.165) is 51.2 Å². The molecule has 1 aromatic rings. The highest BCUT2D eigenvalue weighted by Crippen LogP contribution is 2.21. The Kier molecular flexibility index (Phi) is 6.67. The summed E-state index contributed by atoms with van der Waals surface area (Å²) in [6, 6.07) is 8.31. The maximum atomic E-state index is 12.0. The summed E-state index contributed by atoms with van der Waals surface area (Å²) in [5.74, 6) is -0.0776. The van der Waals surface area contributed by atoms with Crippen LogP contribution >= 0.6 is 0 Å². The molecule has 1 amide bonds.